The van der Waals surface area contributed by atoms with Crippen molar-refractivity contribution in [1.82, 2.24) is 15.1 Å². The van der Waals surface area contributed by atoms with Crippen molar-refractivity contribution >= 4 is 40.0 Å². The first-order valence-corrected chi connectivity index (χ1v) is 9.08. The summed E-state index contributed by atoms with van der Waals surface area (Å²) >= 11 is 1.63. The Bertz CT molecular complexity index is 759. The largest absolute Gasteiger partial charge is 0.326 e. The molecule has 0 saturated carbocycles. The van der Waals surface area contributed by atoms with Crippen LogP contribution in [0.3, 0.4) is 0 Å². The van der Waals surface area contributed by atoms with Gasteiger partial charge in [0.25, 0.3) is 0 Å². The topological polar surface area (TPSA) is 59.0 Å². The molecular weight excluding hydrogens is 308 g/mol. The lowest BCUT2D eigenvalue weighted by Gasteiger charge is -2.10. The fourth-order valence-electron chi connectivity index (χ4n) is 2.83. The lowest BCUT2D eigenvalue weighted by molar-refractivity contribution is -0.119. The molecule has 0 spiro atoms. The molecule has 2 heterocycles. The van der Waals surface area contributed by atoms with Crippen LogP contribution < -0.4 is 10.6 Å². The molecule has 0 bridgehead atoms. The first-order chi connectivity index (χ1) is 11.1. The SMILES string of the molecule is C/C=C(\C)n1nc(SC)c2ccc(NC(=O)C3CCNC3)cc21. The van der Waals surface area contributed by atoms with Gasteiger partial charge in [-0.05, 0) is 51.3 Å². The number of aromatic nitrogens is 2. The lowest BCUT2D eigenvalue weighted by atomic mass is 10.1. The molecule has 1 aromatic heterocycles. The number of benzene rings is 1. The molecule has 5 nitrogen and oxygen atoms in total. The van der Waals surface area contributed by atoms with E-state index >= 15 is 0 Å². The zero-order chi connectivity index (χ0) is 16.4. The van der Waals surface area contributed by atoms with Crippen LogP contribution in [-0.4, -0.2) is 35.0 Å². The van der Waals surface area contributed by atoms with E-state index in [1.54, 1.807) is 11.8 Å². The molecule has 0 radical (unpaired) electrons. The zero-order valence-corrected chi connectivity index (χ0v) is 14.5. The Morgan fingerprint density at radius 3 is 3.00 bits per heavy atom. The van der Waals surface area contributed by atoms with E-state index in [-0.39, 0.29) is 11.8 Å². The number of amides is 1. The number of hydrogen-bond donors (Lipinski definition) is 2. The molecule has 122 valence electrons. The number of thioether (sulfide) groups is 1. The molecule has 1 aliphatic rings. The number of nitrogens with one attached hydrogen (secondary N) is 2. The minimum absolute atomic E-state index is 0.0645. The summed E-state index contributed by atoms with van der Waals surface area (Å²) in [5, 5.41) is 13.0. The van der Waals surface area contributed by atoms with Crippen molar-refractivity contribution in [3.63, 3.8) is 0 Å². The van der Waals surface area contributed by atoms with Gasteiger partial charge in [-0.1, -0.05) is 6.08 Å². The highest BCUT2D eigenvalue weighted by Gasteiger charge is 2.22. The maximum atomic E-state index is 12.3. The van der Waals surface area contributed by atoms with Crippen LogP contribution in [0.5, 0.6) is 0 Å². The third-order valence-electron chi connectivity index (χ3n) is 4.29. The average Bonchev–Trinajstić information content (AvgIpc) is 3.21. The Hall–Kier alpha value is -1.79. The van der Waals surface area contributed by atoms with Gasteiger partial charge in [-0.3, -0.25) is 4.79 Å². The van der Waals surface area contributed by atoms with Crippen molar-refractivity contribution in [3.8, 4) is 0 Å². The highest BCUT2D eigenvalue weighted by atomic mass is 32.2. The van der Waals surface area contributed by atoms with Crippen LogP contribution in [0.25, 0.3) is 16.6 Å². The quantitative estimate of drug-likeness (QED) is 0.845. The summed E-state index contributed by atoms with van der Waals surface area (Å²) < 4.78 is 1.94. The van der Waals surface area contributed by atoms with Crippen molar-refractivity contribution in [3.05, 3.63) is 24.3 Å². The molecule has 1 aromatic carbocycles. The van der Waals surface area contributed by atoms with Crippen LogP contribution in [0.2, 0.25) is 0 Å². The summed E-state index contributed by atoms with van der Waals surface area (Å²) in [6.07, 6.45) is 4.96. The van der Waals surface area contributed by atoms with E-state index in [0.29, 0.717) is 0 Å². The highest BCUT2D eigenvalue weighted by Crippen LogP contribution is 2.30. The normalized spacial score (nSPS) is 18.6. The summed E-state index contributed by atoms with van der Waals surface area (Å²) in [5.41, 5.74) is 2.91. The lowest BCUT2D eigenvalue weighted by Crippen LogP contribution is -2.24. The van der Waals surface area contributed by atoms with Crippen molar-refractivity contribution in [2.24, 2.45) is 5.92 Å². The van der Waals surface area contributed by atoms with E-state index in [0.717, 1.165) is 46.8 Å². The van der Waals surface area contributed by atoms with Gasteiger partial charge < -0.3 is 10.6 Å². The molecule has 1 amide bonds. The summed E-state index contributed by atoms with van der Waals surface area (Å²) in [6, 6.07) is 6.00. The standard InChI is InChI=1S/C17H22N4OS/c1-4-11(2)21-15-9-13(5-6-14(15)17(20-21)23-3)19-16(22)12-7-8-18-10-12/h4-6,9,12,18H,7-8,10H2,1-3H3,(H,19,22)/b11-4+. The molecule has 6 heteroatoms. The summed E-state index contributed by atoms with van der Waals surface area (Å²) in [6.45, 7) is 5.72. The Morgan fingerprint density at radius 1 is 1.52 bits per heavy atom. The van der Waals surface area contributed by atoms with E-state index in [2.05, 4.69) is 15.7 Å². The van der Waals surface area contributed by atoms with Gasteiger partial charge in [0.05, 0.1) is 11.4 Å². The number of anilines is 1. The highest BCUT2D eigenvalue weighted by molar-refractivity contribution is 7.98. The van der Waals surface area contributed by atoms with Gasteiger partial charge >= 0.3 is 0 Å². The van der Waals surface area contributed by atoms with Gasteiger partial charge in [0.2, 0.25) is 5.91 Å². The number of allylic oxidation sites excluding steroid dienone is 2. The zero-order valence-electron chi connectivity index (χ0n) is 13.7. The molecular formula is C17H22N4OS. The van der Waals surface area contributed by atoms with Gasteiger partial charge in [-0.25, -0.2) is 4.68 Å². The predicted molar refractivity (Wildman–Crippen MR) is 96.7 cm³/mol. The summed E-state index contributed by atoms with van der Waals surface area (Å²) in [4.78, 5) is 12.3. The van der Waals surface area contributed by atoms with E-state index < -0.39 is 0 Å². The van der Waals surface area contributed by atoms with Crippen LogP contribution in [-0.2, 0) is 4.79 Å². The second kappa shape index (κ2) is 6.76. The van der Waals surface area contributed by atoms with Gasteiger partial charge in [0, 0.05) is 23.3 Å². The third-order valence-corrected chi connectivity index (χ3v) is 4.98. The molecule has 0 aliphatic carbocycles. The van der Waals surface area contributed by atoms with Crippen LogP contribution in [0.4, 0.5) is 5.69 Å². The van der Waals surface area contributed by atoms with Gasteiger partial charge in [-0.2, -0.15) is 5.10 Å². The second-order valence-electron chi connectivity index (χ2n) is 5.76. The van der Waals surface area contributed by atoms with E-state index in [4.69, 9.17) is 0 Å². The Balaban J connectivity index is 1.95. The third kappa shape index (κ3) is 3.14. The molecule has 2 aromatic rings. The monoisotopic (exact) mass is 330 g/mol. The number of fused-ring (bicyclic) bond motifs is 1. The molecule has 3 rings (SSSR count). The number of rotatable bonds is 4. The number of carbonyl (C=O) groups is 1. The molecule has 2 N–H and O–H groups in total. The molecule has 1 aliphatic heterocycles. The van der Waals surface area contributed by atoms with Crippen LogP contribution in [0.15, 0.2) is 29.3 Å². The maximum Gasteiger partial charge on any atom is 0.228 e. The smallest absolute Gasteiger partial charge is 0.228 e. The summed E-state index contributed by atoms with van der Waals surface area (Å²) in [5.74, 6) is 0.155. The van der Waals surface area contributed by atoms with Crippen LogP contribution >= 0.6 is 11.8 Å². The summed E-state index contributed by atoms with van der Waals surface area (Å²) in [7, 11) is 0. The minimum atomic E-state index is 0.0645. The van der Waals surface area contributed by atoms with Crippen molar-refractivity contribution in [2.75, 3.05) is 24.7 Å². The molecule has 1 saturated heterocycles. The van der Waals surface area contributed by atoms with Crippen molar-refractivity contribution in [1.29, 1.82) is 0 Å². The Labute approximate surface area is 140 Å². The average molecular weight is 330 g/mol. The molecule has 1 unspecified atom stereocenters. The minimum Gasteiger partial charge on any atom is -0.326 e. The van der Waals surface area contributed by atoms with Crippen LogP contribution in [0, 0.1) is 5.92 Å². The number of carbonyl (C=O) groups excluding carboxylic acids is 1. The van der Waals surface area contributed by atoms with E-state index in [1.807, 2.05) is 49.1 Å². The van der Waals surface area contributed by atoms with Gasteiger partial charge in [0.15, 0.2) is 0 Å². The first kappa shape index (κ1) is 16.1. The maximum absolute atomic E-state index is 12.3. The number of hydrogen-bond acceptors (Lipinski definition) is 4. The van der Waals surface area contributed by atoms with Gasteiger partial charge in [-0.15, -0.1) is 11.8 Å². The van der Waals surface area contributed by atoms with Crippen molar-refractivity contribution in [2.45, 2.75) is 25.3 Å². The van der Waals surface area contributed by atoms with E-state index in [1.165, 1.54) is 0 Å². The van der Waals surface area contributed by atoms with E-state index in [9.17, 15) is 4.79 Å². The predicted octanol–water partition coefficient (Wildman–Crippen LogP) is 3.19. The second-order valence-corrected chi connectivity index (χ2v) is 6.56. The van der Waals surface area contributed by atoms with Gasteiger partial charge in [0.1, 0.15) is 5.03 Å². The molecule has 23 heavy (non-hydrogen) atoms. The Morgan fingerprint density at radius 2 is 2.35 bits per heavy atom. The Kier molecular flexibility index (Phi) is 4.73. The first-order valence-electron chi connectivity index (χ1n) is 7.85. The number of nitrogens with zero attached hydrogens (tertiary/aromatic N) is 2. The van der Waals surface area contributed by atoms with Crippen LogP contribution in [0.1, 0.15) is 20.3 Å². The fourth-order valence-corrected chi connectivity index (χ4v) is 3.38. The molecule has 1 fully saturated rings. The molecule has 1 atom stereocenters. The fraction of sp³-hybridized carbons (Fsp3) is 0.412. The van der Waals surface area contributed by atoms with Crippen molar-refractivity contribution < 1.29 is 4.79 Å².